The molecule has 1 aromatic carbocycles. The molecule has 0 saturated carbocycles. The third kappa shape index (κ3) is 3.53. The Kier molecular flexibility index (Phi) is 4.47. The number of carbonyl (C=O) groups excluding carboxylic acids is 1. The van der Waals surface area contributed by atoms with Gasteiger partial charge in [-0.15, -0.1) is 0 Å². The van der Waals surface area contributed by atoms with Crippen LogP contribution in [0.3, 0.4) is 0 Å². The molecule has 0 spiro atoms. The van der Waals surface area contributed by atoms with E-state index in [4.69, 9.17) is 4.74 Å². The van der Waals surface area contributed by atoms with Crippen molar-refractivity contribution in [3.63, 3.8) is 0 Å². The molecule has 1 heterocycles. The number of benzene rings is 1. The molecule has 21 heavy (non-hydrogen) atoms. The molecule has 1 amide bonds. The zero-order chi connectivity index (χ0) is 15.4. The maximum Gasteiger partial charge on any atom is 0.253 e. The first-order chi connectivity index (χ1) is 10.0. The van der Waals surface area contributed by atoms with Crippen molar-refractivity contribution in [2.45, 2.75) is 13.0 Å². The zero-order valence-corrected chi connectivity index (χ0v) is 11.6. The molecule has 4 nitrogen and oxygen atoms in total. The fourth-order valence-corrected chi connectivity index (χ4v) is 1.83. The number of pyridine rings is 1. The Morgan fingerprint density at radius 2 is 2.05 bits per heavy atom. The number of methoxy groups -OCH3 is 1. The molecule has 6 heteroatoms. The number of hydrogen-bond acceptors (Lipinski definition) is 3. The standard InChI is InChI=1S/C15H14F2N2O2/c1-9(10-3-5-13(21-2)12(16)7-10)19-15(20)11-4-6-14(17)18-8-11/h3-9H,1-2H3,(H,19,20). The SMILES string of the molecule is COc1ccc(C(C)NC(=O)c2ccc(F)nc2)cc1F. The third-order valence-corrected chi connectivity index (χ3v) is 3.01. The summed E-state index contributed by atoms with van der Waals surface area (Å²) in [6.45, 7) is 1.72. The molecule has 110 valence electrons. The van der Waals surface area contributed by atoms with E-state index in [0.717, 1.165) is 12.3 Å². The molecule has 0 aliphatic heterocycles. The molecular weight excluding hydrogens is 278 g/mol. The van der Waals surface area contributed by atoms with Gasteiger partial charge in [-0.05, 0) is 36.8 Å². The Morgan fingerprint density at radius 3 is 2.62 bits per heavy atom. The largest absolute Gasteiger partial charge is 0.494 e. The zero-order valence-electron chi connectivity index (χ0n) is 11.6. The summed E-state index contributed by atoms with van der Waals surface area (Å²) in [7, 11) is 1.38. The molecule has 1 unspecified atom stereocenters. The van der Waals surface area contributed by atoms with Crippen molar-refractivity contribution >= 4 is 5.91 Å². The molecule has 0 radical (unpaired) electrons. The van der Waals surface area contributed by atoms with Crippen LogP contribution in [-0.4, -0.2) is 18.0 Å². The molecule has 0 aliphatic rings. The Labute approximate surface area is 120 Å². The first-order valence-corrected chi connectivity index (χ1v) is 6.27. The van der Waals surface area contributed by atoms with Crippen molar-refractivity contribution in [1.29, 1.82) is 0 Å². The average Bonchev–Trinajstić information content (AvgIpc) is 2.47. The van der Waals surface area contributed by atoms with Crippen LogP contribution < -0.4 is 10.1 Å². The predicted octanol–water partition coefficient (Wildman–Crippen LogP) is 2.86. The first kappa shape index (κ1) is 14.9. The topological polar surface area (TPSA) is 51.2 Å². The lowest BCUT2D eigenvalue weighted by Gasteiger charge is -2.15. The van der Waals surface area contributed by atoms with Crippen molar-refractivity contribution in [3.05, 3.63) is 59.4 Å². The molecule has 0 saturated heterocycles. The van der Waals surface area contributed by atoms with Crippen molar-refractivity contribution in [2.24, 2.45) is 0 Å². The summed E-state index contributed by atoms with van der Waals surface area (Å²) in [5.41, 5.74) is 0.828. The van der Waals surface area contributed by atoms with Crippen LogP contribution in [0, 0.1) is 11.8 Å². The number of ether oxygens (including phenoxy) is 1. The van der Waals surface area contributed by atoms with E-state index in [-0.39, 0.29) is 11.3 Å². The van der Waals surface area contributed by atoms with Crippen molar-refractivity contribution in [2.75, 3.05) is 7.11 Å². The number of amides is 1. The van der Waals surface area contributed by atoms with E-state index in [2.05, 4.69) is 10.3 Å². The van der Waals surface area contributed by atoms with Crippen LogP contribution in [0.25, 0.3) is 0 Å². The van der Waals surface area contributed by atoms with E-state index >= 15 is 0 Å². The summed E-state index contributed by atoms with van der Waals surface area (Å²) in [5, 5.41) is 2.69. The van der Waals surface area contributed by atoms with Crippen LogP contribution in [0.1, 0.15) is 28.9 Å². The third-order valence-electron chi connectivity index (χ3n) is 3.01. The van der Waals surface area contributed by atoms with Gasteiger partial charge in [0.05, 0.1) is 18.7 Å². The number of carbonyl (C=O) groups is 1. The molecule has 2 aromatic rings. The van der Waals surface area contributed by atoms with E-state index in [1.807, 2.05) is 0 Å². The van der Waals surface area contributed by atoms with Crippen LogP contribution in [0.2, 0.25) is 0 Å². The highest BCUT2D eigenvalue weighted by Crippen LogP contribution is 2.21. The summed E-state index contributed by atoms with van der Waals surface area (Å²) in [6, 6.07) is 6.48. The van der Waals surface area contributed by atoms with Gasteiger partial charge in [-0.3, -0.25) is 4.79 Å². The molecule has 2 rings (SSSR count). The number of halogens is 2. The number of rotatable bonds is 4. The molecule has 1 atom stereocenters. The summed E-state index contributed by atoms with van der Waals surface area (Å²) >= 11 is 0. The molecule has 0 bridgehead atoms. The fourth-order valence-electron chi connectivity index (χ4n) is 1.83. The number of nitrogens with zero attached hydrogens (tertiary/aromatic N) is 1. The second kappa shape index (κ2) is 6.30. The molecular formula is C15H14F2N2O2. The minimum absolute atomic E-state index is 0.139. The van der Waals surface area contributed by atoms with E-state index in [1.54, 1.807) is 13.0 Å². The lowest BCUT2D eigenvalue weighted by molar-refractivity contribution is 0.0939. The van der Waals surface area contributed by atoms with Gasteiger partial charge >= 0.3 is 0 Å². The number of hydrogen-bond donors (Lipinski definition) is 1. The van der Waals surface area contributed by atoms with E-state index in [0.29, 0.717) is 5.56 Å². The normalized spacial score (nSPS) is 11.8. The van der Waals surface area contributed by atoms with Crippen molar-refractivity contribution in [1.82, 2.24) is 10.3 Å². The molecule has 0 fully saturated rings. The maximum atomic E-state index is 13.6. The summed E-state index contributed by atoms with van der Waals surface area (Å²) in [4.78, 5) is 15.4. The number of nitrogens with one attached hydrogen (secondary N) is 1. The molecule has 1 aromatic heterocycles. The quantitative estimate of drug-likeness (QED) is 0.882. The highest BCUT2D eigenvalue weighted by atomic mass is 19.1. The second-order valence-electron chi connectivity index (χ2n) is 4.46. The van der Waals surface area contributed by atoms with Gasteiger partial charge in [-0.25, -0.2) is 9.37 Å². The fraction of sp³-hybridized carbons (Fsp3) is 0.200. The molecule has 0 aliphatic carbocycles. The van der Waals surface area contributed by atoms with E-state index in [1.165, 1.54) is 25.3 Å². The van der Waals surface area contributed by atoms with Gasteiger partial charge in [0.15, 0.2) is 11.6 Å². The predicted molar refractivity (Wildman–Crippen MR) is 73.0 cm³/mol. The van der Waals surface area contributed by atoms with E-state index < -0.39 is 23.7 Å². The second-order valence-corrected chi connectivity index (χ2v) is 4.46. The Bertz CT molecular complexity index is 645. The van der Waals surface area contributed by atoms with Gasteiger partial charge in [0.25, 0.3) is 5.91 Å². The van der Waals surface area contributed by atoms with Gasteiger partial charge in [0, 0.05) is 6.20 Å². The Balaban J connectivity index is 2.10. The van der Waals surface area contributed by atoms with Crippen molar-refractivity contribution < 1.29 is 18.3 Å². The van der Waals surface area contributed by atoms with Crippen LogP contribution in [-0.2, 0) is 0 Å². The number of aromatic nitrogens is 1. The summed E-state index contributed by atoms with van der Waals surface area (Å²) in [6.07, 6.45) is 1.14. The smallest absolute Gasteiger partial charge is 0.253 e. The van der Waals surface area contributed by atoms with Gasteiger partial charge in [0.2, 0.25) is 5.95 Å². The highest BCUT2D eigenvalue weighted by molar-refractivity contribution is 5.94. The lowest BCUT2D eigenvalue weighted by atomic mass is 10.1. The summed E-state index contributed by atoms with van der Waals surface area (Å²) in [5.74, 6) is -1.43. The van der Waals surface area contributed by atoms with Crippen LogP contribution in [0.5, 0.6) is 5.75 Å². The maximum absolute atomic E-state index is 13.6. The van der Waals surface area contributed by atoms with Gasteiger partial charge in [0.1, 0.15) is 0 Å². The van der Waals surface area contributed by atoms with Gasteiger partial charge < -0.3 is 10.1 Å². The van der Waals surface area contributed by atoms with Gasteiger partial charge in [-0.1, -0.05) is 6.07 Å². The Morgan fingerprint density at radius 1 is 1.29 bits per heavy atom. The summed E-state index contributed by atoms with van der Waals surface area (Å²) < 4.78 is 31.2. The lowest BCUT2D eigenvalue weighted by Crippen LogP contribution is -2.26. The van der Waals surface area contributed by atoms with E-state index in [9.17, 15) is 13.6 Å². The minimum Gasteiger partial charge on any atom is -0.494 e. The Hall–Kier alpha value is -2.50. The van der Waals surface area contributed by atoms with Crippen LogP contribution >= 0.6 is 0 Å². The van der Waals surface area contributed by atoms with Crippen molar-refractivity contribution in [3.8, 4) is 5.75 Å². The average molecular weight is 292 g/mol. The van der Waals surface area contributed by atoms with Gasteiger partial charge in [-0.2, -0.15) is 4.39 Å². The molecule has 1 N–H and O–H groups in total. The minimum atomic E-state index is -0.656. The van der Waals surface area contributed by atoms with Crippen LogP contribution in [0.4, 0.5) is 8.78 Å². The monoisotopic (exact) mass is 292 g/mol. The first-order valence-electron chi connectivity index (χ1n) is 6.27. The van der Waals surface area contributed by atoms with Crippen LogP contribution in [0.15, 0.2) is 36.5 Å². The highest BCUT2D eigenvalue weighted by Gasteiger charge is 2.14.